The van der Waals surface area contributed by atoms with E-state index < -0.39 is 5.97 Å². The van der Waals surface area contributed by atoms with Gasteiger partial charge >= 0.3 is 5.97 Å². The Kier molecular flexibility index (Phi) is 6.32. The first kappa shape index (κ1) is 20.2. The summed E-state index contributed by atoms with van der Waals surface area (Å²) in [6.45, 7) is 6.84. The Morgan fingerprint density at radius 3 is 2.52 bits per heavy atom. The third-order valence-electron chi connectivity index (χ3n) is 4.30. The van der Waals surface area contributed by atoms with Crippen LogP contribution in [-0.2, 0) is 11.3 Å². The first-order valence-electron chi connectivity index (χ1n) is 9.39. The molecule has 0 saturated carbocycles. The molecule has 3 aromatic rings. The largest absolute Gasteiger partial charge is 0.461 e. The van der Waals surface area contributed by atoms with Crippen molar-refractivity contribution in [3.8, 4) is 5.69 Å². The summed E-state index contributed by atoms with van der Waals surface area (Å²) in [5.41, 5.74) is 1.80. The first-order valence-corrected chi connectivity index (χ1v) is 9.39. The highest BCUT2D eigenvalue weighted by molar-refractivity contribution is 5.97. The van der Waals surface area contributed by atoms with Crippen molar-refractivity contribution in [3.63, 3.8) is 0 Å². The lowest BCUT2D eigenvalue weighted by Gasteiger charge is -2.21. The zero-order chi connectivity index (χ0) is 20.8. The van der Waals surface area contributed by atoms with Gasteiger partial charge in [0.05, 0.1) is 42.5 Å². The number of rotatable bonds is 8. The summed E-state index contributed by atoms with van der Waals surface area (Å²) in [5.74, 6) is -0.643. The molecule has 0 bridgehead atoms. The van der Waals surface area contributed by atoms with Gasteiger partial charge in [-0.2, -0.15) is 24.9 Å². The molecule has 10 heteroatoms. The fraction of sp³-hybridized carbons (Fsp3) is 0.368. The lowest BCUT2D eigenvalue weighted by molar-refractivity contribution is 0.0516. The van der Waals surface area contributed by atoms with Crippen LogP contribution in [-0.4, -0.2) is 66.5 Å². The van der Waals surface area contributed by atoms with Gasteiger partial charge in [0.15, 0.2) is 5.69 Å². The number of likely N-dealkylation sites (N-methyl/N-ethyl adjacent to an activating group) is 1. The van der Waals surface area contributed by atoms with Crippen molar-refractivity contribution in [2.75, 3.05) is 19.7 Å². The van der Waals surface area contributed by atoms with E-state index in [4.69, 9.17) is 4.74 Å². The van der Waals surface area contributed by atoms with Gasteiger partial charge in [-0.3, -0.25) is 4.79 Å². The van der Waals surface area contributed by atoms with Gasteiger partial charge in [-0.1, -0.05) is 12.1 Å². The molecule has 0 N–H and O–H groups in total. The molecule has 10 nitrogen and oxygen atoms in total. The van der Waals surface area contributed by atoms with Crippen LogP contribution in [0.2, 0.25) is 0 Å². The Morgan fingerprint density at radius 1 is 1.10 bits per heavy atom. The summed E-state index contributed by atoms with van der Waals surface area (Å²) in [4.78, 5) is 29.5. The summed E-state index contributed by atoms with van der Waals surface area (Å²) in [6, 6.07) is 7.18. The van der Waals surface area contributed by atoms with E-state index in [2.05, 4.69) is 20.4 Å². The Morgan fingerprint density at radius 2 is 1.83 bits per heavy atom. The van der Waals surface area contributed by atoms with Crippen LogP contribution in [0.5, 0.6) is 0 Å². The van der Waals surface area contributed by atoms with Crippen LogP contribution < -0.4 is 0 Å². The van der Waals surface area contributed by atoms with Crippen molar-refractivity contribution in [3.05, 3.63) is 53.6 Å². The second-order valence-corrected chi connectivity index (χ2v) is 6.17. The maximum Gasteiger partial charge on any atom is 0.360 e. The van der Waals surface area contributed by atoms with Crippen molar-refractivity contribution in [2.45, 2.75) is 27.3 Å². The van der Waals surface area contributed by atoms with Gasteiger partial charge in [-0.25, -0.2) is 4.79 Å². The van der Waals surface area contributed by atoms with Gasteiger partial charge in [0.25, 0.3) is 5.91 Å². The van der Waals surface area contributed by atoms with E-state index in [0.29, 0.717) is 36.6 Å². The number of carbonyl (C=O) groups is 2. The molecule has 0 fully saturated rings. The lowest BCUT2D eigenvalue weighted by Crippen LogP contribution is -2.34. The van der Waals surface area contributed by atoms with Gasteiger partial charge in [0, 0.05) is 13.1 Å². The minimum absolute atomic E-state index is 0.144. The summed E-state index contributed by atoms with van der Waals surface area (Å²) >= 11 is 0. The molecule has 3 rings (SSSR count). The molecule has 0 radical (unpaired) electrons. The second kappa shape index (κ2) is 9.09. The summed E-state index contributed by atoms with van der Waals surface area (Å²) in [5, 5.41) is 16.7. The monoisotopic (exact) mass is 397 g/mol. The Labute approximate surface area is 168 Å². The van der Waals surface area contributed by atoms with Gasteiger partial charge in [-0.05, 0) is 32.9 Å². The second-order valence-electron chi connectivity index (χ2n) is 6.17. The van der Waals surface area contributed by atoms with Crippen LogP contribution in [0.25, 0.3) is 5.69 Å². The highest BCUT2D eigenvalue weighted by Crippen LogP contribution is 2.15. The number of nitrogens with zero attached hydrogens (tertiary/aromatic N) is 7. The summed E-state index contributed by atoms with van der Waals surface area (Å²) in [7, 11) is 0. The minimum atomic E-state index is -0.500. The van der Waals surface area contributed by atoms with Crippen LogP contribution in [0.15, 0.2) is 36.7 Å². The molecule has 152 valence electrons. The Bertz CT molecular complexity index is 982. The molecule has 0 spiro atoms. The highest BCUT2D eigenvalue weighted by Gasteiger charge is 2.21. The van der Waals surface area contributed by atoms with E-state index in [1.54, 1.807) is 49.3 Å². The number of aryl methyl sites for hydroxylation is 1. The number of hydrogen-bond acceptors (Lipinski definition) is 7. The standard InChI is InChI=1S/C19H23N7O3/c1-4-24(12-13-25-22-14(3)17(23-25)19(28)29-5-2)18(27)15-8-6-7-9-16(15)26-20-10-11-21-26/h6-11H,4-5,12-13H2,1-3H3. The van der Waals surface area contributed by atoms with Gasteiger partial charge in [0.1, 0.15) is 0 Å². The maximum atomic E-state index is 13.1. The number of aromatic nitrogens is 6. The van der Waals surface area contributed by atoms with Crippen molar-refractivity contribution in [2.24, 2.45) is 0 Å². The molecule has 1 amide bonds. The summed E-state index contributed by atoms with van der Waals surface area (Å²) < 4.78 is 4.98. The van der Waals surface area contributed by atoms with E-state index in [-0.39, 0.29) is 18.2 Å². The molecule has 2 aromatic heterocycles. The van der Waals surface area contributed by atoms with Crippen LogP contribution in [0.4, 0.5) is 0 Å². The van der Waals surface area contributed by atoms with E-state index in [0.717, 1.165) is 0 Å². The third-order valence-corrected chi connectivity index (χ3v) is 4.30. The van der Waals surface area contributed by atoms with E-state index in [9.17, 15) is 9.59 Å². The third kappa shape index (κ3) is 4.48. The number of carbonyl (C=O) groups excluding carboxylic acids is 2. The Balaban J connectivity index is 1.74. The molecule has 0 saturated heterocycles. The van der Waals surface area contributed by atoms with Gasteiger partial charge in [-0.15, -0.1) is 5.10 Å². The van der Waals surface area contributed by atoms with Crippen molar-refractivity contribution in [1.29, 1.82) is 0 Å². The van der Waals surface area contributed by atoms with E-state index in [1.807, 2.05) is 13.0 Å². The first-order chi connectivity index (χ1) is 14.0. The zero-order valence-electron chi connectivity index (χ0n) is 16.6. The minimum Gasteiger partial charge on any atom is -0.461 e. The lowest BCUT2D eigenvalue weighted by atomic mass is 10.1. The number of esters is 1. The average molecular weight is 397 g/mol. The average Bonchev–Trinajstić information content (AvgIpc) is 3.38. The molecule has 1 aromatic carbocycles. The van der Waals surface area contributed by atoms with Crippen molar-refractivity contribution < 1.29 is 14.3 Å². The smallest absolute Gasteiger partial charge is 0.360 e. The van der Waals surface area contributed by atoms with Crippen LogP contribution >= 0.6 is 0 Å². The number of benzene rings is 1. The molecule has 29 heavy (non-hydrogen) atoms. The van der Waals surface area contributed by atoms with Gasteiger partial charge < -0.3 is 9.64 Å². The normalized spacial score (nSPS) is 10.7. The topological polar surface area (TPSA) is 108 Å². The Hall–Kier alpha value is -3.56. The fourth-order valence-corrected chi connectivity index (χ4v) is 2.87. The quantitative estimate of drug-likeness (QED) is 0.530. The molecular formula is C19H23N7O3. The van der Waals surface area contributed by atoms with Crippen LogP contribution in [0.1, 0.15) is 40.4 Å². The highest BCUT2D eigenvalue weighted by atomic mass is 16.5. The zero-order valence-corrected chi connectivity index (χ0v) is 16.6. The van der Waals surface area contributed by atoms with Gasteiger partial charge in [0.2, 0.25) is 0 Å². The number of amides is 1. The number of ether oxygens (including phenoxy) is 1. The van der Waals surface area contributed by atoms with E-state index >= 15 is 0 Å². The molecule has 0 aliphatic heterocycles. The molecule has 0 unspecified atom stereocenters. The fourth-order valence-electron chi connectivity index (χ4n) is 2.87. The molecule has 0 aliphatic carbocycles. The SMILES string of the molecule is CCOC(=O)c1nn(CCN(CC)C(=O)c2ccccc2-n2nccn2)nc1C. The van der Waals surface area contributed by atoms with Crippen molar-refractivity contribution in [1.82, 2.24) is 34.9 Å². The molecular weight excluding hydrogens is 374 g/mol. The maximum absolute atomic E-state index is 13.1. The molecule has 0 atom stereocenters. The predicted molar refractivity (Wildman–Crippen MR) is 104 cm³/mol. The van der Waals surface area contributed by atoms with Crippen LogP contribution in [0.3, 0.4) is 0 Å². The van der Waals surface area contributed by atoms with Crippen molar-refractivity contribution >= 4 is 11.9 Å². The summed E-state index contributed by atoms with van der Waals surface area (Å²) in [6.07, 6.45) is 3.12. The number of hydrogen-bond donors (Lipinski definition) is 0. The number of para-hydroxylation sites is 1. The molecule has 2 heterocycles. The van der Waals surface area contributed by atoms with Crippen LogP contribution in [0, 0.1) is 6.92 Å². The molecule has 0 aliphatic rings. The van der Waals surface area contributed by atoms with E-state index in [1.165, 1.54) is 9.59 Å². The predicted octanol–water partition coefficient (Wildman–Crippen LogP) is 1.51.